The van der Waals surface area contributed by atoms with E-state index in [9.17, 15) is 28.3 Å². The highest BCUT2D eigenvalue weighted by molar-refractivity contribution is 7.21. The lowest BCUT2D eigenvalue weighted by Crippen LogP contribution is -2.17. The molecule has 2 aromatic heterocycles. The molecule has 0 saturated heterocycles. The molecule has 0 fully saturated rings. The molecule has 150 valence electrons. The van der Waals surface area contributed by atoms with E-state index in [1.54, 1.807) is 0 Å². The van der Waals surface area contributed by atoms with Gasteiger partial charge in [0.2, 0.25) is 0 Å². The molecule has 0 unspecified atom stereocenters. The maximum atomic E-state index is 12.4. The Bertz CT molecular complexity index is 1180. The van der Waals surface area contributed by atoms with E-state index in [1.807, 2.05) is 6.07 Å². The summed E-state index contributed by atoms with van der Waals surface area (Å²) in [4.78, 5) is 16.2. The molecule has 0 aliphatic rings. The number of anilines is 2. The third-order valence-corrected chi connectivity index (χ3v) is 4.94. The quantitative estimate of drug-likeness (QED) is 0.543. The van der Waals surface area contributed by atoms with Crippen LogP contribution in [0.1, 0.15) is 15.2 Å². The fourth-order valence-electron chi connectivity index (χ4n) is 2.70. The van der Waals surface area contributed by atoms with Crippen LogP contribution in [0.2, 0.25) is 0 Å². The Hall–Kier alpha value is -3.72. The SMILES string of the molecule is COC(=O)c1sc2nc(N)c(C#N)c(-c3ccc(OC(F)(F)F)c(O)c3)c2c1N. The number of benzene rings is 1. The molecule has 0 amide bonds. The first-order valence-electron chi connectivity index (χ1n) is 7.66. The number of nitrogens with zero attached hydrogens (tertiary/aromatic N) is 2. The van der Waals surface area contributed by atoms with Crippen molar-refractivity contribution in [3.8, 4) is 28.7 Å². The Balaban J connectivity index is 2.31. The van der Waals surface area contributed by atoms with Crippen molar-refractivity contribution < 1.29 is 32.5 Å². The fourth-order valence-corrected chi connectivity index (χ4v) is 3.73. The number of aromatic nitrogens is 1. The third kappa shape index (κ3) is 3.55. The van der Waals surface area contributed by atoms with E-state index in [4.69, 9.17) is 11.5 Å². The van der Waals surface area contributed by atoms with Gasteiger partial charge in [0, 0.05) is 10.9 Å². The molecule has 12 heteroatoms. The molecule has 0 atom stereocenters. The number of phenols is 1. The smallest absolute Gasteiger partial charge is 0.504 e. The van der Waals surface area contributed by atoms with Crippen molar-refractivity contribution in [2.24, 2.45) is 0 Å². The fraction of sp³-hybridized carbons (Fsp3) is 0.118. The number of pyridine rings is 1. The molecule has 0 aliphatic heterocycles. The Kier molecular flexibility index (Phi) is 4.85. The van der Waals surface area contributed by atoms with Gasteiger partial charge in [-0.15, -0.1) is 24.5 Å². The number of nitrogen functional groups attached to an aromatic ring is 2. The zero-order chi connectivity index (χ0) is 21.5. The first-order chi connectivity index (χ1) is 13.6. The van der Waals surface area contributed by atoms with Gasteiger partial charge in [0.25, 0.3) is 0 Å². The Morgan fingerprint density at radius 2 is 2.03 bits per heavy atom. The number of carbonyl (C=O) groups excluding carboxylic acids is 1. The normalized spacial score (nSPS) is 11.3. The average molecular weight is 424 g/mol. The number of phenolic OH excluding ortho intramolecular Hbond substituents is 1. The Labute approximate surface area is 164 Å². The molecule has 3 rings (SSSR count). The summed E-state index contributed by atoms with van der Waals surface area (Å²) in [6.45, 7) is 0. The van der Waals surface area contributed by atoms with Gasteiger partial charge in [-0.1, -0.05) is 6.07 Å². The van der Waals surface area contributed by atoms with Crippen LogP contribution in [0, 0.1) is 11.3 Å². The summed E-state index contributed by atoms with van der Waals surface area (Å²) in [6.07, 6.45) is -5.00. The zero-order valence-electron chi connectivity index (χ0n) is 14.5. The predicted octanol–water partition coefficient (Wildman–Crippen LogP) is 3.39. The minimum atomic E-state index is -5.00. The van der Waals surface area contributed by atoms with Crippen molar-refractivity contribution in [2.75, 3.05) is 18.6 Å². The highest BCUT2D eigenvalue weighted by atomic mass is 32.1. The van der Waals surface area contributed by atoms with Crippen LogP contribution in [0.15, 0.2) is 18.2 Å². The van der Waals surface area contributed by atoms with E-state index in [1.165, 1.54) is 6.07 Å². The van der Waals surface area contributed by atoms with Crippen molar-refractivity contribution in [3.63, 3.8) is 0 Å². The van der Waals surface area contributed by atoms with E-state index in [0.29, 0.717) is 0 Å². The Morgan fingerprint density at radius 1 is 1.34 bits per heavy atom. The number of ether oxygens (including phenoxy) is 2. The highest BCUT2D eigenvalue weighted by Gasteiger charge is 2.32. The van der Waals surface area contributed by atoms with Crippen LogP contribution in [0.4, 0.5) is 24.7 Å². The number of carbonyl (C=O) groups is 1. The summed E-state index contributed by atoms with van der Waals surface area (Å²) in [7, 11) is 1.16. The van der Waals surface area contributed by atoms with Gasteiger partial charge in [-0.05, 0) is 17.7 Å². The van der Waals surface area contributed by atoms with Crippen molar-refractivity contribution in [1.29, 1.82) is 5.26 Å². The zero-order valence-corrected chi connectivity index (χ0v) is 15.3. The number of rotatable bonds is 3. The summed E-state index contributed by atoms with van der Waals surface area (Å²) in [5, 5.41) is 19.7. The van der Waals surface area contributed by atoms with Gasteiger partial charge in [0.05, 0.1) is 12.8 Å². The molecule has 1 aromatic carbocycles. The van der Waals surface area contributed by atoms with Crippen LogP contribution in [-0.2, 0) is 4.74 Å². The minimum absolute atomic E-state index is 0.0204. The number of methoxy groups -OCH3 is 1. The van der Waals surface area contributed by atoms with E-state index < -0.39 is 23.8 Å². The van der Waals surface area contributed by atoms with Crippen LogP contribution < -0.4 is 16.2 Å². The number of hydrogen-bond donors (Lipinski definition) is 3. The van der Waals surface area contributed by atoms with Crippen LogP contribution in [-0.4, -0.2) is 29.5 Å². The standard InChI is InChI=1S/C17H11F3N4O4S/c1-27-16(26)13-12(22)11-10(7(5-21)14(23)24-15(11)29-13)6-2-3-9(8(25)4-6)28-17(18,19)20/h2-4,25H,22H2,1H3,(H2,23,24). The number of aromatic hydroxyl groups is 1. The van der Waals surface area contributed by atoms with Gasteiger partial charge in [0.1, 0.15) is 27.2 Å². The van der Waals surface area contributed by atoms with Gasteiger partial charge in [-0.25, -0.2) is 9.78 Å². The van der Waals surface area contributed by atoms with Crippen molar-refractivity contribution in [2.45, 2.75) is 6.36 Å². The van der Waals surface area contributed by atoms with E-state index in [-0.39, 0.29) is 43.3 Å². The highest BCUT2D eigenvalue weighted by Crippen LogP contribution is 2.44. The number of halogens is 3. The maximum Gasteiger partial charge on any atom is 0.573 e. The van der Waals surface area contributed by atoms with Crippen LogP contribution in [0.25, 0.3) is 21.3 Å². The number of esters is 1. The Morgan fingerprint density at radius 3 is 2.59 bits per heavy atom. The van der Waals surface area contributed by atoms with Gasteiger partial charge < -0.3 is 26.0 Å². The first kappa shape index (κ1) is 20.0. The summed E-state index contributed by atoms with van der Waals surface area (Å²) >= 11 is 0.878. The monoisotopic (exact) mass is 424 g/mol. The molecule has 0 saturated carbocycles. The number of thiophene rings is 1. The van der Waals surface area contributed by atoms with Crippen molar-refractivity contribution in [1.82, 2.24) is 4.98 Å². The van der Waals surface area contributed by atoms with Crippen molar-refractivity contribution >= 4 is 39.0 Å². The van der Waals surface area contributed by atoms with E-state index in [0.717, 1.165) is 30.6 Å². The summed E-state index contributed by atoms with van der Waals surface area (Å²) < 4.78 is 45.7. The third-order valence-electron chi connectivity index (χ3n) is 3.86. The molecule has 2 heterocycles. The molecular weight excluding hydrogens is 413 g/mol. The molecule has 0 bridgehead atoms. The second kappa shape index (κ2) is 7.02. The molecule has 0 spiro atoms. The molecule has 0 radical (unpaired) electrons. The molecule has 29 heavy (non-hydrogen) atoms. The van der Waals surface area contributed by atoms with Crippen LogP contribution >= 0.6 is 11.3 Å². The van der Waals surface area contributed by atoms with Gasteiger partial charge in [0.15, 0.2) is 11.5 Å². The molecular formula is C17H11F3N4O4S. The first-order valence-corrected chi connectivity index (χ1v) is 8.48. The van der Waals surface area contributed by atoms with Gasteiger partial charge in [-0.2, -0.15) is 5.26 Å². The lowest BCUT2D eigenvalue weighted by atomic mass is 9.97. The molecule has 0 aliphatic carbocycles. The number of nitrogens with two attached hydrogens (primary N) is 2. The topological polar surface area (TPSA) is 144 Å². The van der Waals surface area contributed by atoms with E-state index in [2.05, 4.69) is 14.5 Å². The summed E-state index contributed by atoms with van der Waals surface area (Å²) in [6, 6.07) is 4.89. The van der Waals surface area contributed by atoms with Crippen LogP contribution in [0.5, 0.6) is 11.5 Å². The lowest BCUT2D eigenvalue weighted by Gasteiger charge is -2.13. The molecule has 5 N–H and O–H groups in total. The second-order valence-corrected chi connectivity index (χ2v) is 6.60. The number of nitriles is 1. The largest absolute Gasteiger partial charge is 0.573 e. The summed E-state index contributed by atoms with van der Waals surface area (Å²) in [5.41, 5.74) is 12.0. The second-order valence-electron chi connectivity index (χ2n) is 5.61. The lowest BCUT2D eigenvalue weighted by molar-refractivity contribution is -0.275. The van der Waals surface area contributed by atoms with Gasteiger partial charge >= 0.3 is 12.3 Å². The molecule has 8 nitrogen and oxygen atoms in total. The molecule has 3 aromatic rings. The minimum Gasteiger partial charge on any atom is -0.504 e. The number of fused-ring (bicyclic) bond motifs is 1. The number of alkyl halides is 3. The summed E-state index contributed by atoms with van der Waals surface area (Å²) in [5.74, 6) is -2.56. The van der Waals surface area contributed by atoms with Crippen LogP contribution in [0.3, 0.4) is 0 Å². The van der Waals surface area contributed by atoms with Crippen molar-refractivity contribution in [3.05, 3.63) is 28.6 Å². The van der Waals surface area contributed by atoms with E-state index >= 15 is 0 Å². The predicted molar refractivity (Wildman–Crippen MR) is 98.3 cm³/mol. The average Bonchev–Trinajstić information content (AvgIpc) is 2.96. The maximum absolute atomic E-state index is 12.4. The number of hydrogen-bond acceptors (Lipinski definition) is 9. The van der Waals surface area contributed by atoms with Gasteiger partial charge in [-0.3, -0.25) is 0 Å².